The summed E-state index contributed by atoms with van der Waals surface area (Å²) in [6.45, 7) is 1.45. The number of hydrogen-bond acceptors (Lipinski definition) is 6. The molecular weight excluding hydrogens is 386 g/mol. The van der Waals surface area contributed by atoms with Crippen molar-refractivity contribution in [3.63, 3.8) is 0 Å². The van der Waals surface area contributed by atoms with Crippen LogP contribution in [-0.2, 0) is 4.79 Å². The minimum atomic E-state index is -0.489. The highest BCUT2D eigenvalue weighted by molar-refractivity contribution is 7.13. The second kappa shape index (κ2) is 8.40. The van der Waals surface area contributed by atoms with Gasteiger partial charge in [-0.1, -0.05) is 6.07 Å². The van der Waals surface area contributed by atoms with Crippen molar-refractivity contribution in [3.8, 4) is 10.6 Å². The number of aromatic nitrogens is 2. The topological polar surface area (TPSA) is 101 Å². The van der Waals surface area contributed by atoms with Gasteiger partial charge in [0, 0.05) is 24.3 Å². The Morgan fingerprint density at radius 1 is 1.10 bits per heavy atom. The fourth-order valence-corrected chi connectivity index (χ4v) is 4.10. The molecule has 1 atom stereocenters. The largest absolute Gasteiger partial charge is 0.366 e. The lowest BCUT2D eigenvalue weighted by atomic mass is 9.97. The van der Waals surface area contributed by atoms with Gasteiger partial charge >= 0.3 is 0 Å². The molecule has 1 aromatic carbocycles. The molecule has 1 fully saturated rings. The van der Waals surface area contributed by atoms with Crippen LogP contribution in [-0.4, -0.2) is 35.1 Å². The Bertz CT molecular complexity index is 987. The summed E-state index contributed by atoms with van der Waals surface area (Å²) in [5.74, 6) is 0.119. The SMILES string of the molecule is NC(=O)c1ccc(NC(=O)C2CCCN(c3ccc(-c4cccs4)nn3)C2)cc1. The molecule has 3 N–H and O–H groups in total. The van der Waals surface area contributed by atoms with Gasteiger partial charge in [-0.15, -0.1) is 21.5 Å². The van der Waals surface area contributed by atoms with Crippen molar-refractivity contribution in [2.75, 3.05) is 23.3 Å². The molecule has 1 unspecified atom stereocenters. The second-order valence-electron chi connectivity index (χ2n) is 6.97. The van der Waals surface area contributed by atoms with Crippen LogP contribution in [0.5, 0.6) is 0 Å². The maximum Gasteiger partial charge on any atom is 0.248 e. The predicted octanol–water partition coefficient (Wildman–Crippen LogP) is 3.16. The molecule has 1 aliphatic rings. The Morgan fingerprint density at radius 3 is 2.59 bits per heavy atom. The van der Waals surface area contributed by atoms with Gasteiger partial charge in [-0.25, -0.2) is 0 Å². The minimum Gasteiger partial charge on any atom is -0.366 e. The van der Waals surface area contributed by atoms with Crippen molar-refractivity contribution >= 4 is 34.7 Å². The minimum absolute atomic E-state index is 0.0373. The van der Waals surface area contributed by atoms with E-state index in [9.17, 15) is 9.59 Å². The molecule has 2 aromatic heterocycles. The third-order valence-corrected chi connectivity index (χ3v) is 5.87. The number of piperidine rings is 1. The standard InChI is InChI=1S/C21H21N5O2S/c22-20(27)14-5-7-16(8-6-14)23-21(28)15-3-1-11-26(13-15)19-10-9-17(24-25-19)18-4-2-12-29-18/h2,4-10,12,15H,1,3,11,13H2,(H2,22,27)(H,23,28). The van der Waals surface area contributed by atoms with Crippen LogP contribution in [0.1, 0.15) is 23.2 Å². The van der Waals surface area contributed by atoms with Gasteiger partial charge < -0.3 is 16.0 Å². The molecule has 0 spiro atoms. The molecule has 4 rings (SSSR count). The molecular formula is C21H21N5O2S. The van der Waals surface area contributed by atoms with Gasteiger partial charge in [-0.2, -0.15) is 0 Å². The molecule has 0 radical (unpaired) electrons. The molecule has 3 heterocycles. The van der Waals surface area contributed by atoms with E-state index in [2.05, 4.69) is 20.4 Å². The van der Waals surface area contributed by atoms with Gasteiger partial charge in [0.15, 0.2) is 5.82 Å². The number of anilines is 2. The molecule has 0 aliphatic carbocycles. The first kappa shape index (κ1) is 19.1. The number of carbonyl (C=O) groups excluding carboxylic acids is 2. The maximum atomic E-state index is 12.7. The van der Waals surface area contributed by atoms with Crippen molar-refractivity contribution in [2.24, 2.45) is 11.7 Å². The van der Waals surface area contributed by atoms with Crippen LogP contribution in [0.15, 0.2) is 53.9 Å². The first-order chi connectivity index (χ1) is 14.1. The van der Waals surface area contributed by atoms with Gasteiger partial charge in [0.05, 0.1) is 10.8 Å². The normalized spacial score (nSPS) is 16.4. The quantitative estimate of drug-likeness (QED) is 0.677. The third-order valence-electron chi connectivity index (χ3n) is 4.98. The van der Waals surface area contributed by atoms with Crippen LogP contribution in [0.2, 0.25) is 0 Å². The van der Waals surface area contributed by atoms with E-state index in [1.54, 1.807) is 35.6 Å². The van der Waals surface area contributed by atoms with Gasteiger partial charge in [-0.05, 0) is 60.7 Å². The van der Waals surface area contributed by atoms with Gasteiger partial charge in [0.1, 0.15) is 5.69 Å². The maximum absolute atomic E-state index is 12.7. The van der Waals surface area contributed by atoms with Crippen molar-refractivity contribution < 1.29 is 9.59 Å². The van der Waals surface area contributed by atoms with E-state index in [0.29, 0.717) is 17.8 Å². The highest BCUT2D eigenvalue weighted by Crippen LogP contribution is 2.26. The van der Waals surface area contributed by atoms with Gasteiger partial charge in [-0.3, -0.25) is 9.59 Å². The molecule has 8 heteroatoms. The smallest absolute Gasteiger partial charge is 0.248 e. The Kier molecular flexibility index (Phi) is 5.53. The van der Waals surface area contributed by atoms with E-state index >= 15 is 0 Å². The van der Waals surface area contributed by atoms with Crippen LogP contribution in [0.4, 0.5) is 11.5 Å². The van der Waals surface area contributed by atoms with Crippen LogP contribution < -0.4 is 16.0 Å². The zero-order chi connectivity index (χ0) is 20.2. The highest BCUT2D eigenvalue weighted by Gasteiger charge is 2.27. The average molecular weight is 407 g/mol. The monoisotopic (exact) mass is 407 g/mol. The van der Waals surface area contributed by atoms with Crippen molar-refractivity contribution in [2.45, 2.75) is 12.8 Å². The van der Waals surface area contributed by atoms with Crippen LogP contribution >= 0.6 is 11.3 Å². The molecule has 0 saturated carbocycles. The average Bonchev–Trinajstić information content (AvgIpc) is 3.29. The lowest BCUT2D eigenvalue weighted by Crippen LogP contribution is -2.41. The lowest BCUT2D eigenvalue weighted by Gasteiger charge is -2.32. The third kappa shape index (κ3) is 4.43. The Morgan fingerprint density at radius 2 is 1.93 bits per heavy atom. The molecule has 7 nitrogen and oxygen atoms in total. The highest BCUT2D eigenvalue weighted by atomic mass is 32.1. The summed E-state index contributed by atoms with van der Waals surface area (Å²) in [6.07, 6.45) is 1.73. The van der Waals surface area contributed by atoms with Crippen molar-refractivity contribution in [3.05, 3.63) is 59.5 Å². The first-order valence-corrected chi connectivity index (χ1v) is 10.3. The summed E-state index contributed by atoms with van der Waals surface area (Å²) in [6, 6.07) is 14.5. The van der Waals surface area contributed by atoms with Crippen molar-refractivity contribution in [1.29, 1.82) is 0 Å². The number of nitrogens with one attached hydrogen (secondary N) is 1. The van der Waals surface area contributed by atoms with E-state index in [-0.39, 0.29) is 11.8 Å². The summed E-state index contributed by atoms with van der Waals surface area (Å²) in [4.78, 5) is 27.1. The fraction of sp³-hybridized carbons (Fsp3) is 0.238. The number of benzene rings is 1. The summed E-state index contributed by atoms with van der Waals surface area (Å²) < 4.78 is 0. The number of thiophene rings is 1. The molecule has 3 aromatic rings. The zero-order valence-electron chi connectivity index (χ0n) is 15.7. The van der Waals surface area contributed by atoms with E-state index in [1.165, 1.54) is 0 Å². The van der Waals surface area contributed by atoms with Crippen LogP contribution in [0.3, 0.4) is 0 Å². The second-order valence-corrected chi connectivity index (χ2v) is 7.92. The first-order valence-electron chi connectivity index (χ1n) is 9.43. The Labute approximate surface area is 172 Å². The van der Waals surface area contributed by atoms with E-state index in [4.69, 9.17) is 5.73 Å². The molecule has 148 valence electrons. The molecule has 2 amide bonds. The summed E-state index contributed by atoms with van der Waals surface area (Å²) in [5.41, 5.74) is 7.17. The predicted molar refractivity (Wildman–Crippen MR) is 114 cm³/mol. The number of carbonyl (C=O) groups is 2. The van der Waals surface area contributed by atoms with Gasteiger partial charge in [0.25, 0.3) is 0 Å². The molecule has 0 bridgehead atoms. The van der Waals surface area contributed by atoms with E-state index in [0.717, 1.165) is 35.8 Å². The van der Waals surface area contributed by atoms with Gasteiger partial charge in [0.2, 0.25) is 11.8 Å². The summed E-state index contributed by atoms with van der Waals surface area (Å²) in [7, 11) is 0. The number of rotatable bonds is 5. The summed E-state index contributed by atoms with van der Waals surface area (Å²) >= 11 is 1.63. The number of primary amides is 1. The van der Waals surface area contributed by atoms with E-state index < -0.39 is 5.91 Å². The number of hydrogen-bond donors (Lipinski definition) is 2. The molecule has 29 heavy (non-hydrogen) atoms. The summed E-state index contributed by atoms with van der Waals surface area (Å²) in [5, 5.41) is 13.6. The zero-order valence-corrected chi connectivity index (χ0v) is 16.6. The van der Waals surface area contributed by atoms with Crippen molar-refractivity contribution in [1.82, 2.24) is 10.2 Å². The lowest BCUT2D eigenvalue weighted by molar-refractivity contribution is -0.120. The van der Waals surface area contributed by atoms with E-state index in [1.807, 2.05) is 29.6 Å². The number of amides is 2. The Balaban J connectivity index is 1.39. The van der Waals surface area contributed by atoms with Crippen LogP contribution in [0.25, 0.3) is 10.6 Å². The fourth-order valence-electron chi connectivity index (χ4n) is 3.41. The molecule has 1 saturated heterocycles. The van der Waals surface area contributed by atoms with Crippen LogP contribution in [0, 0.1) is 5.92 Å². The number of nitrogens with zero attached hydrogens (tertiary/aromatic N) is 3. The molecule has 1 aliphatic heterocycles. The Hall–Kier alpha value is -3.26. The number of nitrogens with two attached hydrogens (primary N) is 1.